The van der Waals surface area contributed by atoms with Gasteiger partial charge in [0, 0.05) is 24.6 Å². The Hall–Kier alpha value is -1.70. The lowest BCUT2D eigenvalue weighted by atomic mass is 9.92. The van der Waals surface area contributed by atoms with Crippen LogP contribution in [0.15, 0.2) is 18.2 Å². The Labute approximate surface area is 153 Å². The maximum atomic E-state index is 12.1. The van der Waals surface area contributed by atoms with Gasteiger partial charge in [0.25, 0.3) is 0 Å². The predicted molar refractivity (Wildman–Crippen MR) is 94.5 cm³/mol. The van der Waals surface area contributed by atoms with Gasteiger partial charge in [-0.2, -0.15) is 0 Å². The fourth-order valence-electron chi connectivity index (χ4n) is 2.95. The zero-order chi connectivity index (χ0) is 16.9. The van der Waals surface area contributed by atoms with Crippen LogP contribution in [0.5, 0.6) is 17.2 Å². The van der Waals surface area contributed by atoms with E-state index in [1.54, 1.807) is 18.2 Å². The number of amides is 1. The minimum Gasteiger partial charge on any atom is -0.491 e. The molecule has 140 valence electrons. The molecule has 7 nitrogen and oxygen atoms in total. The molecule has 0 radical (unpaired) electrons. The molecule has 1 saturated heterocycles. The largest absolute Gasteiger partial charge is 0.491 e. The number of piperidine rings is 1. The van der Waals surface area contributed by atoms with Gasteiger partial charge < -0.3 is 30.0 Å². The quantitative estimate of drug-likeness (QED) is 0.692. The van der Waals surface area contributed by atoms with E-state index in [2.05, 4.69) is 17.6 Å². The molecule has 1 unspecified atom stereocenters. The summed E-state index contributed by atoms with van der Waals surface area (Å²) in [4.78, 5) is 12.1. The standard InChI is InChI=1S/C17H24N2O5.ClH/c1-11-6-12(4-5-18-11)17(21)19-8-13(20)9-22-14-2-3-15-16(7-14)24-10-23-15;/h2-3,7,11-13,18,20H,4-6,8-10H2,1H3,(H,19,21);1H/t11-,12-,13?;/m0./s1. The lowest BCUT2D eigenvalue weighted by Crippen LogP contribution is -2.44. The maximum absolute atomic E-state index is 12.1. The minimum absolute atomic E-state index is 0. The average molecular weight is 373 g/mol. The lowest BCUT2D eigenvalue weighted by molar-refractivity contribution is -0.126. The van der Waals surface area contributed by atoms with Crippen molar-refractivity contribution in [1.82, 2.24) is 10.6 Å². The average Bonchev–Trinajstić information content (AvgIpc) is 3.05. The van der Waals surface area contributed by atoms with Crippen LogP contribution in [-0.4, -0.2) is 49.6 Å². The van der Waals surface area contributed by atoms with Gasteiger partial charge in [-0.1, -0.05) is 0 Å². The van der Waals surface area contributed by atoms with E-state index < -0.39 is 6.10 Å². The molecular formula is C17H25ClN2O5. The molecule has 3 rings (SSSR count). The molecule has 1 amide bonds. The van der Waals surface area contributed by atoms with Gasteiger partial charge >= 0.3 is 0 Å². The first-order valence-corrected chi connectivity index (χ1v) is 8.33. The maximum Gasteiger partial charge on any atom is 0.231 e. The van der Waals surface area contributed by atoms with Crippen LogP contribution in [0.4, 0.5) is 0 Å². The summed E-state index contributed by atoms with van der Waals surface area (Å²) < 4.78 is 16.0. The summed E-state index contributed by atoms with van der Waals surface area (Å²) in [5, 5.41) is 16.1. The molecule has 2 aliphatic rings. The van der Waals surface area contributed by atoms with Gasteiger partial charge in [-0.15, -0.1) is 12.4 Å². The van der Waals surface area contributed by atoms with Crippen molar-refractivity contribution in [3.05, 3.63) is 18.2 Å². The van der Waals surface area contributed by atoms with Crippen LogP contribution in [-0.2, 0) is 4.79 Å². The number of ether oxygens (including phenoxy) is 3. The Bertz CT molecular complexity index is 586. The molecule has 1 aromatic carbocycles. The van der Waals surface area contributed by atoms with Crippen LogP contribution in [0.2, 0.25) is 0 Å². The van der Waals surface area contributed by atoms with Crippen LogP contribution in [0.1, 0.15) is 19.8 Å². The molecule has 3 N–H and O–H groups in total. The van der Waals surface area contributed by atoms with Gasteiger partial charge in [0.05, 0.1) is 0 Å². The van der Waals surface area contributed by atoms with E-state index >= 15 is 0 Å². The van der Waals surface area contributed by atoms with E-state index in [9.17, 15) is 9.90 Å². The topological polar surface area (TPSA) is 89.1 Å². The van der Waals surface area contributed by atoms with Gasteiger partial charge in [0.15, 0.2) is 11.5 Å². The monoisotopic (exact) mass is 372 g/mol. The number of halogens is 1. The van der Waals surface area contributed by atoms with Gasteiger partial charge in [0.1, 0.15) is 18.5 Å². The Morgan fingerprint density at radius 2 is 2.24 bits per heavy atom. The first-order chi connectivity index (χ1) is 11.6. The summed E-state index contributed by atoms with van der Waals surface area (Å²) in [6.45, 7) is 3.43. The van der Waals surface area contributed by atoms with Crippen LogP contribution in [0.25, 0.3) is 0 Å². The molecule has 2 aliphatic heterocycles. The molecular weight excluding hydrogens is 348 g/mol. The van der Waals surface area contributed by atoms with Crippen LogP contribution in [0, 0.1) is 5.92 Å². The number of fused-ring (bicyclic) bond motifs is 1. The van der Waals surface area contributed by atoms with Gasteiger partial charge in [-0.3, -0.25) is 4.79 Å². The number of hydrogen-bond donors (Lipinski definition) is 3. The molecule has 8 heteroatoms. The third kappa shape index (κ3) is 5.39. The number of hydrogen-bond acceptors (Lipinski definition) is 6. The van der Waals surface area contributed by atoms with Crippen LogP contribution >= 0.6 is 12.4 Å². The first-order valence-electron chi connectivity index (χ1n) is 8.33. The van der Waals surface area contributed by atoms with Gasteiger partial charge in [0.2, 0.25) is 12.7 Å². The number of benzene rings is 1. The summed E-state index contributed by atoms with van der Waals surface area (Å²) in [6, 6.07) is 5.61. The van der Waals surface area contributed by atoms with Crippen molar-refractivity contribution in [3.8, 4) is 17.2 Å². The Morgan fingerprint density at radius 3 is 3.04 bits per heavy atom. The highest BCUT2D eigenvalue weighted by Crippen LogP contribution is 2.35. The van der Waals surface area contributed by atoms with Crippen molar-refractivity contribution in [2.24, 2.45) is 5.92 Å². The number of rotatable bonds is 6. The summed E-state index contributed by atoms with van der Waals surface area (Å²) in [7, 11) is 0. The fourth-order valence-corrected chi connectivity index (χ4v) is 2.95. The van der Waals surface area contributed by atoms with Gasteiger partial charge in [-0.05, 0) is 38.4 Å². The highest BCUT2D eigenvalue weighted by atomic mass is 35.5. The minimum atomic E-state index is -0.765. The number of aliphatic hydroxyl groups excluding tert-OH is 1. The number of carbonyl (C=O) groups is 1. The van der Waals surface area contributed by atoms with Crippen molar-refractivity contribution in [3.63, 3.8) is 0 Å². The van der Waals surface area contributed by atoms with Crippen molar-refractivity contribution < 1.29 is 24.1 Å². The van der Waals surface area contributed by atoms with Crippen molar-refractivity contribution in [2.75, 3.05) is 26.5 Å². The normalized spacial score (nSPS) is 22.6. The van der Waals surface area contributed by atoms with E-state index in [0.717, 1.165) is 19.4 Å². The Kier molecular flexibility index (Phi) is 7.16. The van der Waals surface area contributed by atoms with E-state index in [-0.39, 0.29) is 44.2 Å². The number of carbonyl (C=O) groups excluding carboxylic acids is 1. The highest BCUT2D eigenvalue weighted by Gasteiger charge is 2.24. The Morgan fingerprint density at radius 1 is 1.44 bits per heavy atom. The molecule has 0 aromatic heterocycles. The molecule has 3 atom stereocenters. The van der Waals surface area contributed by atoms with Crippen molar-refractivity contribution >= 4 is 18.3 Å². The highest BCUT2D eigenvalue weighted by molar-refractivity contribution is 5.85. The molecule has 25 heavy (non-hydrogen) atoms. The molecule has 1 aromatic rings. The van der Waals surface area contributed by atoms with E-state index in [4.69, 9.17) is 14.2 Å². The lowest BCUT2D eigenvalue weighted by Gasteiger charge is -2.27. The van der Waals surface area contributed by atoms with Crippen molar-refractivity contribution in [2.45, 2.75) is 31.9 Å². The Balaban J connectivity index is 0.00000225. The summed E-state index contributed by atoms with van der Waals surface area (Å²) in [6.07, 6.45) is 0.897. The zero-order valence-corrected chi connectivity index (χ0v) is 15.0. The van der Waals surface area contributed by atoms with Crippen LogP contribution in [0.3, 0.4) is 0 Å². The van der Waals surface area contributed by atoms with E-state index in [0.29, 0.717) is 23.3 Å². The molecule has 0 bridgehead atoms. The second-order valence-electron chi connectivity index (χ2n) is 6.30. The predicted octanol–water partition coefficient (Wildman–Crippen LogP) is 1.08. The SMILES string of the molecule is C[C@H]1C[C@@H](C(=O)NCC(O)COc2ccc3c(c2)OCO3)CCN1.Cl. The fraction of sp³-hybridized carbons (Fsp3) is 0.588. The third-order valence-electron chi connectivity index (χ3n) is 4.29. The molecule has 2 heterocycles. The second kappa shape index (κ2) is 9.12. The third-order valence-corrected chi connectivity index (χ3v) is 4.29. The second-order valence-corrected chi connectivity index (χ2v) is 6.30. The molecule has 0 spiro atoms. The van der Waals surface area contributed by atoms with Crippen LogP contribution < -0.4 is 24.8 Å². The zero-order valence-electron chi connectivity index (χ0n) is 14.2. The molecule has 1 fully saturated rings. The summed E-state index contributed by atoms with van der Waals surface area (Å²) in [5.41, 5.74) is 0. The van der Waals surface area contributed by atoms with E-state index in [1.807, 2.05) is 0 Å². The van der Waals surface area contributed by atoms with Gasteiger partial charge in [-0.25, -0.2) is 0 Å². The summed E-state index contributed by atoms with van der Waals surface area (Å²) in [5.74, 6) is 1.94. The smallest absolute Gasteiger partial charge is 0.231 e. The van der Waals surface area contributed by atoms with E-state index in [1.165, 1.54) is 0 Å². The summed E-state index contributed by atoms with van der Waals surface area (Å²) >= 11 is 0. The number of nitrogens with one attached hydrogen (secondary N) is 2. The number of aliphatic hydroxyl groups is 1. The first kappa shape index (κ1) is 19.6. The van der Waals surface area contributed by atoms with Crippen molar-refractivity contribution in [1.29, 1.82) is 0 Å². The molecule has 0 aliphatic carbocycles. The molecule has 0 saturated carbocycles.